The molecular formula is C20H23Br2Cl3N2O2. The quantitative estimate of drug-likeness (QED) is 0.204. The van der Waals surface area contributed by atoms with Crippen molar-refractivity contribution in [2.24, 2.45) is 0 Å². The summed E-state index contributed by atoms with van der Waals surface area (Å²) in [6.07, 6.45) is 2.26. The summed E-state index contributed by atoms with van der Waals surface area (Å²) in [4.78, 5) is 21.2. The molecule has 0 fully saturated rings. The van der Waals surface area contributed by atoms with Crippen LogP contribution in [0.15, 0.2) is 57.5 Å². The molecule has 4 nitrogen and oxygen atoms in total. The second kappa shape index (κ2) is 18.0. The van der Waals surface area contributed by atoms with Crippen molar-refractivity contribution >= 4 is 89.2 Å². The van der Waals surface area contributed by atoms with E-state index >= 15 is 0 Å². The molecule has 2 rings (SSSR count). The van der Waals surface area contributed by atoms with Gasteiger partial charge in [0.15, 0.2) is 0 Å². The van der Waals surface area contributed by atoms with Crippen molar-refractivity contribution in [3.8, 4) is 0 Å². The average Bonchev–Trinajstić information content (AvgIpc) is 2.70. The summed E-state index contributed by atoms with van der Waals surface area (Å²) < 4.78 is 2.06. The molecule has 0 atom stereocenters. The van der Waals surface area contributed by atoms with Crippen LogP contribution in [0.1, 0.15) is 25.7 Å². The zero-order valence-electron chi connectivity index (χ0n) is 15.6. The molecule has 0 aliphatic rings. The normalized spacial score (nSPS) is 9.41. The second-order valence-electron chi connectivity index (χ2n) is 5.55. The highest BCUT2D eigenvalue weighted by molar-refractivity contribution is 9.10. The van der Waals surface area contributed by atoms with Crippen LogP contribution >= 0.6 is 66.7 Å². The molecule has 0 spiro atoms. The summed E-state index contributed by atoms with van der Waals surface area (Å²) in [5.41, 5.74) is 7.02. The molecule has 0 saturated heterocycles. The zero-order chi connectivity index (χ0) is 22.1. The lowest BCUT2D eigenvalue weighted by Gasteiger charge is -2.03. The predicted molar refractivity (Wildman–Crippen MR) is 132 cm³/mol. The van der Waals surface area contributed by atoms with E-state index in [4.69, 9.17) is 40.5 Å². The number of halogens is 5. The highest BCUT2D eigenvalue weighted by atomic mass is 79.9. The molecule has 0 aliphatic carbocycles. The summed E-state index contributed by atoms with van der Waals surface area (Å²) in [6, 6.07) is 15.0. The van der Waals surface area contributed by atoms with Gasteiger partial charge in [-0.2, -0.15) is 0 Å². The topological polar surface area (TPSA) is 72.2 Å². The highest BCUT2D eigenvalue weighted by Crippen LogP contribution is 2.14. The minimum absolute atomic E-state index is 0.00738. The summed E-state index contributed by atoms with van der Waals surface area (Å²) >= 11 is 22.3. The van der Waals surface area contributed by atoms with Crippen molar-refractivity contribution in [2.45, 2.75) is 25.7 Å². The van der Waals surface area contributed by atoms with Crippen LogP contribution in [-0.4, -0.2) is 22.9 Å². The molecule has 2 aromatic carbocycles. The summed E-state index contributed by atoms with van der Waals surface area (Å²) in [5, 5.41) is 2.48. The molecule has 9 heteroatoms. The largest absolute Gasteiger partial charge is 0.399 e. The average molecular weight is 590 g/mol. The molecule has 0 saturated carbocycles. The fourth-order valence-corrected chi connectivity index (χ4v) is 2.58. The zero-order valence-corrected chi connectivity index (χ0v) is 21.1. The lowest BCUT2D eigenvalue weighted by Crippen LogP contribution is -2.10. The van der Waals surface area contributed by atoms with Crippen LogP contribution in [0.3, 0.4) is 0 Å². The Labute approximate surface area is 203 Å². The fourth-order valence-electron chi connectivity index (χ4n) is 1.65. The number of hydrogen-bond donors (Lipinski definition) is 2. The van der Waals surface area contributed by atoms with Gasteiger partial charge < -0.3 is 11.1 Å². The van der Waals surface area contributed by atoms with Gasteiger partial charge in [-0.15, -0.1) is 23.2 Å². The predicted octanol–water partition coefficient (Wildman–Crippen LogP) is 7.21. The van der Waals surface area contributed by atoms with Gasteiger partial charge in [0, 0.05) is 44.9 Å². The van der Waals surface area contributed by atoms with E-state index in [0.717, 1.165) is 20.3 Å². The summed E-state index contributed by atoms with van der Waals surface area (Å²) in [5.74, 6) is 1.04. The summed E-state index contributed by atoms with van der Waals surface area (Å²) in [6.45, 7) is 0. The molecule has 3 N–H and O–H groups in total. The van der Waals surface area contributed by atoms with Crippen LogP contribution < -0.4 is 11.1 Å². The maximum Gasteiger partial charge on any atom is 0.224 e. The van der Waals surface area contributed by atoms with Gasteiger partial charge in [-0.25, -0.2) is 0 Å². The van der Waals surface area contributed by atoms with Crippen LogP contribution in [-0.2, 0) is 9.59 Å². The Balaban J connectivity index is 0.000000444. The SMILES string of the molecule is Nc1ccc(Br)cc1.O=C(CCCCl)Nc1ccc(Br)cc1.O=C(Cl)CCCCl. The highest BCUT2D eigenvalue weighted by Gasteiger charge is 2.00. The number of nitrogens with two attached hydrogens (primary N) is 1. The Hall–Kier alpha value is -0.790. The first-order valence-electron chi connectivity index (χ1n) is 8.65. The monoisotopic (exact) mass is 586 g/mol. The number of hydrogen-bond acceptors (Lipinski definition) is 3. The number of nitrogen functional groups attached to an aromatic ring is 1. The molecular weight excluding hydrogens is 566 g/mol. The fraction of sp³-hybridized carbons (Fsp3) is 0.300. The first kappa shape index (κ1) is 28.2. The number of carbonyl (C=O) groups is 2. The van der Waals surface area contributed by atoms with Gasteiger partial charge in [0.1, 0.15) is 0 Å². The van der Waals surface area contributed by atoms with Crippen LogP contribution in [0.25, 0.3) is 0 Å². The van der Waals surface area contributed by atoms with Crippen molar-refractivity contribution < 1.29 is 9.59 Å². The van der Waals surface area contributed by atoms with Crippen LogP contribution in [0.4, 0.5) is 11.4 Å². The minimum Gasteiger partial charge on any atom is -0.399 e. The molecule has 0 heterocycles. The number of amides is 1. The minimum atomic E-state index is -0.305. The second-order valence-corrected chi connectivity index (χ2v) is 8.56. The molecule has 29 heavy (non-hydrogen) atoms. The standard InChI is InChI=1S/C10H11BrClNO.C6H6BrN.C4H6Cl2O/c11-8-3-5-9(6-4-8)13-10(14)2-1-7-12;7-5-1-3-6(8)4-2-5;5-3-1-2-4(6)7/h3-6H,1-2,7H2,(H,13,14);1-4H,8H2;1-3H2. The third-order valence-electron chi connectivity index (χ3n) is 3.04. The Morgan fingerprint density at radius 2 is 1.28 bits per heavy atom. The molecule has 0 radical (unpaired) electrons. The van der Waals surface area contributed by atoms with E-state index < -0.39 is 0 Å². The van der Waals surface area contributed by atoms with Crippen molar-refractivity contribution in [3.05, 3.63) is 57.5 Å². The van der Waals surface area contributed by atoms with Gasteiger partial charge in [-0.1, -0.05) is 31.9 Å². The van der Waals surface area contributed by atoms with Crippen LogP contribution in [0.5, 0.6) is 0 Å². The van der Waals surface area contributed by atoms with Crippen molar-refractivity contribution in [2.75, 3.05) is 22.8 Å². The molecule has 160 valence electrons. The molecule has 0 aliphatic heterocycles. The first-order chi connectivity index (χ1) is 13.8. The Bertz CT molecular complexity index is 694. The number of anilines is 2. The van der Waals surface area contributed by atoms with Crippen LogP contribution in [0.2, 0.25) is 0 Å². The van der Waals surface area contributed by atoms with Gasteiger partial charge in [0.05, 0.1) is 0 Å². The number of benzene rings is 2. The first-order valence-corrected chi connectivity index (χ1v) is 11.7. The Morgan fingerprint density at radius 3 is 1.66 bits per heavy atom. The third kappa shape index (κ3) is 17.8. The van der Waals surface area contributed by atoms with Gasteiger partial charge in [-0.3, -0.25) is 9.59 Å². The Kier molecular flexibility index (Phi) is 17.5. The van der Waals surface area contributed by atoms with Crippen molar-refractivity contribution in [3.63, 3.8) is 0 Å². The van der Waals surface area contributed by atoms with Crippen molar-refractivity contribution in [1.82, 2.24) is 0 Å². The number of carbonyl (C=O) groups excluding carboxylic acids is 2. The number of nitrogens with one attached hydrogen (secondary N) is 1. The van der Waals surface area contributed by atoms with E-state index in [1.807, 2.05) is 48.5 Å². The van der Waals surface area contributed by atoms with Crippen molar-refractivity contribution in [1.29, 1.82) is 0 Å². The van der Waals surface area contributed by atoms with Gasteiger partial charge in [-0.05, 0) is 73.0 Å². The number of alkyl halides is 2. The van der Waals surface area contributed by atoms with E-state index in [-0.39, 0.29) is 11.1 Å². The van der Waals surface area contributed by atoms with Gasteiger partial charge in [0.2, 0.25) is 11.1 Å². The van der Waals surface area contributed by atoms with E-state index in [9.17, 15) is 9.59 Å². The molecule has 2 aromatic rings. The summed E-state index contributed by atoms with van der Waals surface area (Å²) in [7, 11) is 0. The molecule has 0 unspecified atom stereocenters. The maximum atomic E-state index is 11.3. The smallest absolute Gasteiger partial charge is 0.224 e. The van der Waals surface area contributed by atoms with Crippen LogP contribution in [0, 0.1) is 0 Å². The molecule has 1 amide bonds. The maximum absolute atomic E-state index is 11.3. The lowest BCUT2D eigenvalue weighted by molar-refractivity contribution is -0.116. The third-order valence-corrected chi connectivity index (χ3v) is 4.82. The van der Waals surface area contributed by atoms with E-state index in [1.165, 1.54) is 0 Å². The van der Waals surface area contributed by atoms with E-state index in [2.05, 4.69) is 37.2 Å². The van der Waals surface area contributed by atoms with Gasteiger partial charge in [0.25, 0.3) is 0 Å². The van der Waals surface area contributed by atoms with Gasteiger partial charge >= 0.3 is 0 Å². The lowest BCUT2D eigenvalue weighted by atomic mass is 10.3. The molecule has 0 bridgehead atoms. The molecule has 0 aromatic heterocycles. The number of rotatable bonds is 7. The Morgan fingerprint density at radius 1 is 0.828 bits per heavy atom. The van der Waals surface area contributed by atoms with E-state index in [1.54, 1.807) is 0 Å². The van der Waals surface area contributed by atoms with E-state index in [0.29, 0.717) is 37.4 Å².